The molecule has 1 aromatic rings. The fraction of sp³-hybridized carbons (Fsp3) is 0.632. The Bertz CT molecular complexity index is 622. The zero-order valence-electron chi connectivity index (χ0n) is 14.0. The van der Waals surface area contributed by atoms with E-state index in [1.54, 1.807) is 4.90 Å². The molecule has 4 rings (SSSR count). The molecule has 2 saturated heterocycles. The summed E-state index contributed by atoms with van der Waals surface area (Å²) < 4.78 is 1.24. The van der Waals surface area contributed by atoms with Crippen LogP contribution in [0.2, 0.25) is 0 Å². The third-order valence-electron chi connectivity index (χ3n) is 6.39. The SMILES string of the molecule is O=C(O)N1CC2(CCC(N3CCC(c4ccccc4Br)CC3)C2)C1. The molecule has 1 aliphatic carbocycles. The minimum atomic E-state index is -0.752. The van der Waals surface area contributed by atoms with Gasteiger partial charge in [0.25, 0.3) is 0 Å². The molecule has 1 saturated carbocycles. The molecule has 2 aliphatic heterocycles. The van der Waals surface area contributed by atoms with Crippen LogP contribution in [0.1, 0.15) is 43.6 Å². The van der Waals surface area contributed by atoms with Crippen LogP contribution in [0.15, 0.2) is 28.7 Å². The van der Waals surface area contributed by atoms with Crippen molar-refractivity contribution in [1.82, 2.24) is 9.80 Å². The minimum absolute atomic E-state index is 0.294. The number of hydrogen-bond acceptors (Lipinski definition) is 2. The first-order chi connectivity index (χ1) is 11.6. The highest BCUT2D eigenvalue weighted by atomic mass is 79.9. The molecule has 1 unspecified atom stereocenters. The summed E-state index contributed by atoms with van der Waals surface area (Å²) in [6, 6.07) is 9.29. The Labute approximate surface area is 152 Å². The van der Waals surface area contributed by atoms with Crippen LogP contribution in [-0.4, -0.2) is 53.2 Å². The molecule has 3 aliphatic rings. The Morgan fingerprint density at radius 1 is 1.17 bits per heavy atom. The van der Waals surface area contributed by atoms with E-state index in [9.17, 15) is 4.79 Å². The molecule has 130 valence electrons. The maximum atomic E-state index is 11.0. The Hall–Kier alpha value is -1.07. The molecule has 1 N–H and O–H groups in total. The first kappa shape index (κ1) is 16.4. The van der Waals surface area contributed by atoms with E-state index in [0.717, 1.165) is 13.1 Å². The van der Waals surface area contributed by atoms with Crippen molar-refractivity contribution < 1.29 is 9.90 Å². The molecule has 3 fully saturated rings. The number of nitrogens with zero attached hydrogens (tertiary/aromatic N) is 2. The Balaban J connectivity index is 1.31. The van der Waals surface area contributed by atoms with Gasteiger partial charge in [-0.15, -0.1) is 0 Å². The summed E-state index contributed by atoms with van der Waals surface area (Å²) >= 11 is 3.70. The molecule has 4 nitrogen and oxygen atoms in total. The zero-order valence-corrected chi connectivity index (χ0v) is 15.5. The summed E-state index contributed by atoms with van der Waals surface area (Å²) in [6.45, 7) is 3.86. The molecule has 1 spiro atoms. The van der Waals surface area contributed by atoms with Crippen molar-refractivity contribution in [3.63, 3.8) is 0 Å². The van der Waals surface area contributed by atoms with E-state index < -0.39 is 6.09 Å². The fourth-order valence-corrected chi connectivity index (χ4v) is 5.66. The van der Waals surface area contributed by atoms with E-state index in [-0.39, 0.29) is 0 Å². The Morgan fingerprint density at radius 2 is 1.88 bits per heavy atom. The minimum Gasteiger partial charge on any atom is -0.465 e. The van der Waals surface area contributed by atoms with Crippen LogP contribution in [0.3, 0.4) is 0 Å². The number of halogens is 1. The molecule has 1 atom stereocenters. The van der Waals surface area contributed by atoms with Gasteiger partial charge in [-0.25, -0.2) is 4.79 Å². The second-order valence-corrected chi connectivity index (χ2v) is 8.72. The van der Waals surface area contributed by atoms with Crippen molar-refractivity contribution in [1.29, 1.82) is 0 Å². The summed E-state index contributed by atoms with van der Waals surface area (Å²) in [7, 11) is 0. The van der Waals surface area contributed by atoms with E-state index in [2.05, 4.69) is 45.1 Å². The Morgan fingerprint density at radius 3 is 2.54 bits per heavy atom. The monoisotopic (exact) mass is 392 g/mol. The molecule has 1 aromatic carbocycles. The smallest absolute Gasteiger partial charge is 0.407 e. The van der Waals surface area contributed by atoms with Crippen molar-refractivity contribution in [2.45, 2.75) is 44.1 Å². The molecule has 2 heterocycles. The number of hydrogen-bond donors (Lipinski definition) is 1. The summed E-state index contributed by atoms with van der Waals surface area (Å²) in [5.74, 6) is 0.665. The standard InChI is InChI=1S/C19H25BrN2O2/c20-17-4-2-1-3-16(17)14-6-9-21(10-7-14)15-5-8-19(11-15)12-22(13-19)18(23)24/h1-4,14-15H,5-13H2,(H,23,24). The average Bonchev–Trinajstić information content (AvgIpc) is 3.00. The van der Waals surface area contributed by atoms with E-state index in [4.69, 9.17) is 5.11 Å². The van der Waals surface area contributed by atoms with Gasteiger partial charge in [0.05, 0.1) is 0 Å². The second kappa shape index (κ2) is 6.34. The lowest BCUT2D eigenvalue weighted by atomic mass is 9.78. The first-order valence-electron chi connectivity index (χ1n) is 9.03. The van der Waals surface area contributed by atoms with Crippen LogP contribution in [0.4, 0.5) is 4.79 Å². The third-order valence-corrected chi connectivity index (χ3v) is 7.11. The van der Waals surface area contributed by atoms with Gasteiger partial charge >= 0.3 is 6.09 Å². The zero-order chi connectivity index (χ0) is 16.7. The van der Waals surface area contributed by atoms with Gasteiger partial charge < -0.3 is 14.9 Å². The van der Waals surface area contributed by atoms with Crippen molar-refractivity contribution in [2.75, 3.05) is 26.2 Å². The van der Waals surface area contributed by atoms with Crippen LogP contribution < -0.4 is 0 Å². The lowest BCUT2D eigenvalue weighted by Crippen LogP contribution is -2.57. The third kappa shape index (κ3) is 2.97. The van der Waals surface area contributed by atoms with Crippen LogP contribution in [0, 0.1) is 5.41 Å². The highest BCUT2D eigenvalue weighted by Gasteiger charge is 2.50. The number of piperidine rings is 1. The maximum Gasteiger partial charge on any atom is 0.407 e. The van der Waals surface area contributed by atoms with Crippen LogP contribution >= 0.6 is 15.9 Å². The van der Waals surface area contributed by atoms with Crippen molar-refractivity contribution in [3.05, 3.63) is 34.3 Å². The number of likely N-dealkylation sites (tertiary alicyclic amines) is 2. The first-order valence-corrected chi connectivity index (χ1v) is 9.82. The molecule has 24 heavy (non-hydrogen) atoms. The summed E-state index contributed by atoms with van der Waals surface area (Å²) in [6.07, 6.45) is 5.34. The molecular formula is C19H25BrN2O2. The van der Waals surface area contributed by atoms with Crippen LogP contribution in [0.25, 0.3) is 0 Å². The number of rotatable bonds is 2. The lowest BCUT2D eigenvalue weighted by Gasteiger charge is -2.47. The molecular weight excluding hydrogens is 368 g/mol. The highest BCUT2D eigenvalue weighted by Crippen LogP contribution is 2.47. The second-order valence-electron chi connectivity index (χ2n) is 7.87. The maximum absolute atomic E-state index is 11.0. The van der Waals surface area contributed by atoms with Gasteiger partial charge in [0.1, 0.15) is 0 Å². The van der Waals surface area contributed by atoms with E-state index in [0.29, 0.717) is 17.4 Å². The number of benzene rings is 1. The molecule has 5 heteroatoms. The highest BCUT2D eigenvalue weighted by molar-refractivity contribution is 9.10. The number of carboxylic acid groups (broad SMARTS) is 1. The molecule has 0 bridgehead atoms. The van der Waals surface area contributed by atoms with Crippen LogP contribution in [-0.2, 0) is 0 Å². The average molecular weight is 393 g/mol. The van der Waals surface area contributed by atoms with Gasteiger partial charge in [-0.05, 0) is 62.7 Å². The summed E-state index contributed by atoms with van der Waals surface area (Å²) in [4.78, 5) is 15.3. The summed E-state index contributed by atoms with van der Waals surface area (Å²) in [5.41, 5.74) is 1.75. The van der Waals surface area contributed by atoms with Crippen molar-refractivity contribution in [2.24, 2.45) is 5.41 Å². The van der Waals surface area contributed by atoms with E-state index >= 15 is 0 Å². The number of amides is 1. The molecule has 1 amide bonds. The van der Waals surface area contributed by atoms with E-state index in [1.165, 1.54) is 55.2 Å². The van der Waals surface area contributed by atoms with Gasteiger partial charge in [0.15, 0.2) is 0 Å². The van der Waals surface area contributed by atoms with Gasteiger partial charge in [-0.2, -0.15) is 0 Å². The normalized spacial score (nSPS) is 27.4. The summed E-state index contributed by atoms with van der Waals surface area (Å²) in [5, 5.41) is 9.06. The van der Waals surface area contributed by atoms with Crippen molar-refractivity contribution >= 4 is 22.0 Å². The van der Waals surface area contributed by atoms with Gasteiger partial charge in [0, 0.05) is 29.0 Å². The quantitative estimate of drug-likeness (QED) is 0.821. The van der Waals surface area contributed by atoms with E-state index in [1.807, 2.05) is 0 Å². The van der Waals surface area contributed by atoms with Crippen molar-refractivity contribution in [3.8, 4) is 0 Å². The van der Waals surface area contributed by atoms with Crippen LogP contribution in [0.5, 0.6) is 0 Å². The molecule has 0 radical (unpaired) electrons. The fourth-order valence-electron chi connectivity index (χ4n) is 5.06. The molecule has 0 aromatic heterocycles. The van der Waals surface area contributed by atoms with Gasteiger partial charge in [0.2, 0.25) is 0 Å². The predicted molar refractivity (Wildman–Crippen MR) is 97.4 cm³/mol. The van der Waals surface area contributed by atoms with Gasteiger partial charge in [-0.1, -0.05) is 34.1 Å². The van der Waals surface area contributed by atoms with Gasteiger partial charge in [-0.3, -0.25) is 0 Å². The predicted octanol–water partition coefficient (Wildman–Crippen LogP) is 4.16. The topological polar surface area (TPSA) is 43.8 Å². The Kier molecular flexibility index (Phi) is 4.33. The lowest BCUT2D eigenvalue weighted by molar-refractivity contribution is 0.00814. The number of carbonyl (C=O) groups is 1. The largest absolute Gasteiger partial charge is 0.465 e.